The third-order valence-electron chi connectivity index (χ3n) is 6.45. The van der Waals surface area contributed by atoms with Crippen LogP contribution in [0, 0.1) is 11.3 Å². The number of nitriles is 1. The number of aromatic nitrogens is 3. The number of nitrogens with one attached hydrogen (secondary N) is 1. The van der Waals surface area contributed by atoms with Crippen LogP contribution in [0.15, 0.2) is 40.4 Å². The Morgan fingerprint density at radius 3 is 2.89 bits per heavy atom. The Balaban J connectivity index is 1.08. The summed E-state index contributed by atoms with van der Waals surface area (Å²) < 4.78 is 10.1. The van der Waals surface area contributed by atoms with E-state index in [1.807, 2.05) is 23.6 Å². The van der Waals surface area contributed by atoms with E-state index < -0.39 is 5.97 Å². The van der Waals surface area contributed by atoms with Crippen molar-refractivity contribution in [2.24, 2.45) is 0 Å². The summed E-state index contributed by atoms with van der Waals surface area (Å²) in [5, 5.41) is 17.2. The van der Waals surface area contributed by atoms with Crippen molar-refractivity contribution in [1.29, 1.82) is 5.26 Å². The maximum Gasteiger partial charge on any atom is 0.377 e. The zero-order valence-electron chi connectivity index (χ0n) is 20.2. The minimum absolute atomic E-state index is 0.0895. The van der Waals surface area contributed by atoms with Gasteiger partial charge in [-0.25, -0.2) is 9.78 Å². The molecule has 4 aromatic rings. The van der Waals surface area contributed by atoms with Crippen LogP contribution in [0.25, 0.3) is 22.3 Å². The number of fused-ring (bicyclic) bond motifs is 1. The number of H-pyrrole nitrogens is 1. The van der Waals surface area contributed by atoms with Crippen molar-refractivity contribution < 1.29 is 14.1 Å². The van der Waals surface area contributed by atoms with Crippen molar-refractivity contribution in [3.05, 3.63) is 52.7 Å². The third-order valence-corrected chi connectivity index (χ3v) is 7.35. The normalized spacial score (nSPS) is 14.3. The fourth-order valence-electron chi connectivity index (χ4n) is 4.49. The van der Waals surface area contributed by atoms with Gasteiger partial charge in [0.2, 0.25) is 5.76 Å². The molecule has 5 rings (SSSR count). The molecule has 10 heteroatoms. The highest BCUT2D eigenvalue weighted by atomic mass is 32.1. The van der Waals surface area contributed by atoms with Crippen LogP contribution in [-0.2, 0) is 11.2 Å². The van der Waals surface area contributed by atoms with Crippen LogP contribution >= 0.6 is 11.3 Å². The second-order valence-electron chi connectivity index (χ2n) is 8.78. The van der Waals surface area contributed by atoms with Gasteiger partial charge in [0, 0.05) is 54.7 Å². The molecule has 0 atom stereocenters. The van der Waals surface area contributed by atoms with E-state index in [9.17, 15) is 4.79 Å². The van der Waals surface area contributed by atoms with E-state index in [-0.39, 0.29) is 12.4 Å². The number of carbonyl (C=O) groups is 1. The van der Waals surface area contributed by atoms with E-state index in [0.717, 1.165) is 68.0 Å². The number of anilines is 1. The van der Waals surface area contributed by atoms with Crippen molar-refractivity contribution in [1.82, 2.24) is 20.0 Å². The molecule has 1 saturated heterocycles. The second kappa shape index (κ2) is 10.9. The van der Waals surface area contributed by atoms with E-state index in [2.05, 4.69) is 32.2 Å². The van der Waals surface area contributed by atoms with Crippen molar-refractivity contribution in [2.45, 2.75) is 26.2 Å². The van der Waals surface area contributed by atoms with Crippen molar-refractivity contribution >= 4 is 33.3 Å². The van der Waals surface area contributed by atoms with Gasteiger partial charge in [-0.05, 0) is 56.5 Å². The Hall–Kier alpha value is -3.68. The third kappa shape index (κ3) is 5.27. The molecule has 0 radical (unpaired) electrons. The Kier molecular flexibility index (Phi) is 7.30. The number of esters is 1. The van der Waals surface area contributed by atoms with Crippen molar-refractivity contribution in [3.8, 4) is 17.5 Å². The van der Waals surface area contributed by atoms with Crippen LogP contribution in [0.5, 0.6) is 0 Å². The minimum atomic E-state index is -0.516. The van der Waals surface area contributed by atoms with E-state index >= 15 is 0 Å². The van der Waals surface area contributed by atoms with Crippen LogP contribution < -0.4 is 4.90 Å². The number of hydrogen-bond donors (Lipinski definition) is 1. The van der Waals surface area contributed by atoms with Gasteiger partial charge in [0.05, 0.1) is 18.2 Å². The van der Waals surface area contributed by atoms with Gasteiger partial charge in [0.25, 0.3) is 0 Å². The number of hydrogen-bond acceptors (Lipinski definition) is 9. The van der Waals surface area contributed by atoms with Gasteiger partial charge >= 0.3 is 5.97 Å². The molecule has 186 valence electrons. The molecule has 0 spiro atoms. The first-order chi connectivity index (χ1) is 17.6. The standard InChI is InChI=1S/C26H28N6O3S/c1-2-34-25(33)24-14-22(30-35-24)23-17-36-26(29-23)32-11-9-31(10-12-32)8-4-3-5-19-16-28-21-7-6-18(15-27)13-20(19)21/h6-7,13-14,16-17,28H,2-5,8-12H2,1H3. The van der Waals surface area contributed by atoms with Crippen molar-refractivity contribution in [2.75, 3.05) is 44.2 Å². The van der Waals surface area contributed by atoms with E-state index in [0.29, 0.717) is 17.0 Å². The Bertz CT molecular complexity index is 1380. The van der Waals surface area contributed by atoms with Crippen LogP contribution in [0.4, 0.5) is 5.13 Å². The molecule has 1 aliphatic rings. The molecule has 3 aromatic heterocycles. The highest BCUT2D eigenvalue weighted by molar-refractivity contribution is 7.14. The number of nitrogens with zero attached hydrogens (tertiary/aromatic N) is 5. The van der Waals surface area contributed by atoms with Gasteiger partial charge in [0.1, 0.15) is 11.4 Å². The number of benzene rings is 1. The molecule has 1 fully saturated rings. The lowest BCUT2D eigenvalue weighted by Crippen LogP contribution is -2.46. The Labute approximate surface area is 213 Å². The molecule has 36 heavy (non-hydrogen) atoms. The number of aromatic amines is 1. The molecule has 0 bridgehead atoms. The lowest BCUT2D eigenvalue weighted by molar-refractivity contribution is 0.0479. The smallest absolute Gasteiger partial charge is 0.377 e. The fourth-order valence-corrected chi connectivity index (χ4v) is 5.36. The summed E-state index contributed by atoms with van der Waals surface area (Å²) in [6.07, 6.45) is 5.34. The van der Waals surface area contributed by atoms with E-state index in [1.54, 1.807) is 24.3 Å². The highest BCUT2D eigenvalue weighted by Gasteiger charge is 2.21. The SMILES string of the molecule is CCOC(=O)c1cc(-c2csc(N3CCN(CCCCc4c[nH]c5ccc(C#N)cc45)CC3)n2)no1. The fraction of sp³-hybridized carbons (Fsp3) is 0.385. The monoisotopic (exact) mass is 504 g/mol. The quantitative estimate of drug-likeness (QED) is 0.262. The molecular weight excluding hydrogens is 476 g/mol. The van der Waals surface area contributed by atoms with Gasteiger partial charge in [0.15, 0.2) is 5.13 Å². The molecule has 0 amide bonds. The first-order valence-electron chi connectivity index (χ1n) is 12.2. The van der Waals surface area contributed by atoms with Gasteiger partial charge in [-0.1, -0.05) is 5.16 Å². The van der Waals surface area contributed by atoms with E-state index in [1.165, 1.54) is 5.56 Å². The molecular formula is C26H28N6O3S. The second-order valence-corrected chi connectivity index (χ2v) is 9.62. The highest BCUT2D eigenvalue weighted by Crippen LogP contribution is 2.28. The lowest BCUT2D eigenvalue weighted by Gasteiger charge is -2.34. The molecule has 0 saturated carbocycles. The van der Waals surface area contributed by atoms with E-state index in [4.69, 9.17) is 19.5 Å². The summed E-state index contributed by atoms with van der Waals surface area (Å²) >= 11 is 1.58. The summed E-state index contributed by atoms with van der Waals surface area (Å²) in [5.41, 5.74) is 4.33. The summed E-state index contributed by atoms with van der Waals surface area (Å²) in [4.78, 5) is 24.6. The maximum atomic E-state index is 11.8. The minimum Gasteiger partial charge on any atom is -0.460 e. The summed E-state index contributed by atoms with van der Waals surface area (Å²) in [7, 11) is 0. The van der Waals surface area contributed by atoms with Gasteiger partial charge < -0.3 is 19.1 Å². The Morgan fingerprint density at radius 2 is 2.08 bits per heavy atom. The number of aryl methyl sites for hydroxylation is 1. The van der Waals surface area contributed by atoms with Gasteiger partial charge in [-0.15, -0.1) is 11.3 Å². The number of unbranched alkanes of at least 4 members (excludes halogenated alkanes) is 1. The topological polar surface area (TPSA) is 111 Å². The average molecular weight is 505 g/mol. The van der Waals surface area contributed by atoms with Gasteiger partial charge in [-0.2, -0.15) is 5.26 Å². The zero-order valence-corrected chi connectivity index (χ0v) is 21.0. The molecule has 9 nitrogen and oxygen atoms in total. The number of thiazole rings is 1. The van der Waals surface area contributed by atoms with Crippen LogP contribution in [0.3, 0.4) is 0 Å². The summed E-state index contributed by atoms with van der Waals surface area (Å²) in [6.45, 7) is 6.99. The number of piperazine rings is 1. The first kappa shape index (κ1) is 24.0. The van der Waals surface area contributed by atoms with Crippen LogP contribution in [0.1, 0.15) is 41.4 Å². The first-order valence-corrected chi connectivity index (χ1v) is 13.1. The largest absolute Gasteiger partial charge is 0.460 e. The number of carbonyl (C=O) groups excluding carboxylic acids is 1. The van der Waals surface area contributed by atoms with Crippen LogP contribution in [0.2, 0.25) is 0 Å². The molecule has 0 aliphatic carbocycles. The average Bonchev–Trinajstić information content (AvgIpc) is 3.67. The lowest BCUT2D eigenvalue weighted by atomic mass is 10.1. The summed E-state index contributed by atoms with van der Waals surface area (Å²) in [5.74, 6) is -0.427. The molecule has 4 heterocycles. The molecule has 1 N–H and O–H groups in total. The van der Waals surface area contributed by atoms with Crippen molar-refractivity contribution in [3.63, 3.8) is 0 Å². The maximum absolute atomic E-state index is 11.8. The van der Waals surface area contributed by atoms with Crippen LogP contribution in [-0.4, -0.2) is 65.3 Å². The number of ether oxygens (including phenoxy) is 1. The Morgan fingerprint density at radius 1 is 1.22 bits per heavy atom. The molecule has 0 unspecified atom stereocenters. The zero-order chi connectivity index (χ0) is 24.9. The summed E-state index contributed by atoms with van der Waals surface area (Å²) in [6, 6.07) is 9.62. The predicted octanol–water partition coefficient (Wildman–Crippen LogP) is 4.47. The molecule has 1 aliphatic heterocycles. The predicted molar refractivity (Wildman–Crippen MR) is 138 cm³/mol. The number of rotatable bonds is 9. The molecule has 1 aromatic carbocycles. The van der Waals surface area contributed by atoms with Gasteiger partial charge in [-0.3, -0.25) is 4.90 Å².